The van der Waals surface area contributed by atoms with Crippen LogP contribution >= 0.6 is 11.6 Å². The van der Waals surface area contributed by atoms with E-state index in [-0.39, 0.29) is 5.78 Å². The number of carbonyl (C=O) groups is 1. The number of Topliss-reactive ketones (excluding diaryl/α,β-unsaturated/α-hetero) is 1. The van der Waals surface area contributed by atoms with Crippen LogP contribution in [0.3, 0.4) is 0 Å². The van der Waals surface area contributed by atoms with Crippen LogP contribution in [0.2, 0.25) is 5.02 Å². The summed E-state index contributed by atoms with van der Waals surface area (Å²) in [7, 11) is 0. The molecule has 0 saturated carbocycles. The highest BCUT2D eigenvalue weighted by Gasteiger charge is 2.15. The predicted octanol–water partition coefficient (Wildman–Crippen LogP) is 3.53. The van der Waals surface area contributed by atoms with Crippen molar-refractivity contribution in [1.82, 2.24) is 0 Å². The molecule has 1 heterocycles. The fourth-order valence-electron chi connectivity index (χ4n) is 1.70. The molecule has 16 heavy (non-hydrogen) atoms. The van der Waals surface area contributed by atoms with E-state index in [9.17, 15) is 4.79 Å². The summed E-state index contributed by atoms with van der Waals surface area (Å²) >= 11 is 5.92. The van der Waals surface area contributed by atoms with Crippen LogP contribution in [-0.4, -0.2) is 12.4 Å². The maximum absolute atomic E-state index is 12.1. The lowest BCUT2D eigenvalue weighted by molar-refractivity contribution is 0.101. The number of rotatable bonds is 2. The molecule has 0 atom stereocenters. The van der Waals surface area contributed by atoms with E-state index in [2.05, 4.69) is 0 Å². The van der Waals surface area contributed by atoms with Gasteiger partial charge < -0.3 is 4.74 Å². The van der Waals surface area contributed by atoms with Gasteiger partial charge in [0, 0.05) is 16.2 Å². The molecule has 1 aliphatic heterocycles. The molecular formula is C13H13ClO2. The number of ketones is 1. The summed E-state index contributed by atoms with van der Waals surface area (Å²) in [6.07, 6.45) is 3.28. The monoisotopic (exact) mass is 236 g/mol. The molecule has 2 rings (SSSR count). The van der Waals surface area contributed by atoms with Crippen molar-refractivity contribution in [2.75, 3.05) is 6.61 Å². The van der Waals surface area contributed by atoms with Crippen molar-refractivity contribution in [2.24, 2.45) is 0 Å². The molecule has 0 unspecified atom stereocenters. The number of carbonyl (C=O) groups excluding carboxylic acids is 1. The van der Waals surface area contributed by atoms with Crippen molar-refractivity contribution in [3.05, 3.63) is 46.2 Å². The van der Waals surface area contributed by atoms with Gasteiger partial charge in [0.1, 0.15) is 0 Å². The lowest BCUT2D eigenvalue weighted by Gasteiger charge is -2.13. The summed E-state index contributed by atoms with van der Waals surface area (Å²) in [5.74, 6) is 0.0412. The van der Waals surface area contributed by atoms with Gasteiger partial charge in [-0.1, -0.05) is 11.6 Å². The summed E-state index contributed by atoms with van der Waals surface area (Å²) < 4.78 is 5.17. The van der Waals surface area contributed by atoms with E-state index in [0.717, 1.165) is 24.0 Å². The Balaban J connectivity index is 2.26. The fraction of sp³-hybridized carbons (Fsp3) is 0.308. The van der Waals surface area contributed by atoms with Gasteiger partial charge in [-0.05, 0) is 43.5 Å². The molecule has 0 saturated heterocycles. The predicted molar refractivity (Wildman–Crippen MR) is 63.8 cm³/mol. The van der Waals surface area contributed by atoms with E-state index in [1.807, 2.05) is 13.0 Å². The zero-order valence-electron chi connectivity index (χ0n) is 9.13. The van der Waals surface area contributed by atoms with Crippen LogP contribution in [-0.2, 0) is 4.74 Å². The quantitative estimate of drug-likeness (QED) is 0.735. The number of aryl methyl sites for hydroxylation is 1. The standard InChI is InChI=1S/C13H13ClO2/c1-9-7-10(4-5-12(9)14)13(15)11-3-2-6-16-8-11/h4-5,7-8H,2-3,6H2,1H3. The van der Waals surface area contributed by atoms with Crippen molar-refractivity contribution in [2.45, 2.75) is 19.8 Å². The lowest BCUT2D eigenvalue weighted by atomic mass is 9.98. The minimum absolute atomic E-state index is 0.0412. The van der Waals surface area contributed by atoms with Gasteiger partial charge in [-0.3, -0.25) is 4.79 Å². The van der Waals surface area contributed by atoms with Crippen molar-refractivity contribution in [1.29, 1.82) is 0 Å². The number of ether oxygens (including phenoxy) is 1. The van der Waals surface area contributed by atoms with Gasteiger partial charge in [0.15, 0.2) is 5.78 Å². The minimum Gasteiger partial charge on any atom is -0.501 e. The number of halogens is 1. The van der Waals surface area contributed by atoms with Crippen LogP contribution in [0.4, 0.5) is 0 Å². The third-order valence-corrected chi connectivity index (χ3v) is 3.07. The molecule has 3 heteroatoms. The summed E-state index contributed by atoms with van der Waals surface area (Å²) in [6, 6.07) is 5.33. The smallest absolute Gasteiger partial charge is 0.192 e. The second-order valence-electron chi connectivity index (χ2n) is 3.91. The highest BCUT2D eigenvalue weighted by molar-refractivity contribution is 6.31. The Labute approximate surface area is 99.9 Å². The molecule has 0 amide bonds. The Bertz CT molecular complexity index is 449. The summed E-state index contributed by atoms with van der Waals surface area (Å²) in [4.78, 5) is 12.1. The molecule has 0 N–H and O–H groups in total. The normalized spacial score (nSPS) is 15.2. The highest BCUT2D eigenvalue weighted by atomic mass is 35.5. The third kappa shape index (κ3) is 2.27. The lowest BCUT2D eigenvalue weighted by Crippen LogP contribution is -2.09. The van der Waals surface area contributed by atoms with Crippen molar-refractivity contribution in [3.63, 3.8) is 0 Å². The van der Waals surface area contributed by atoms with Gasteiger partial charge in [-0.25, -0.2) is 0 Å². The first-order valence-electron chi connectivity index (χ1n) is 5.30. The highest BCUT2D eigenvalue weighted by Crippen LogP contribution is 2.21. The van der Waals surface area contributed by atoms with Crippen LogP contribution in [0.5, 0.6) is 0 Å². The van der Waals surface area contributed by atoms with E-state index in [1.165, 1.54) is 0 Å². The number of allylic oxidation sites excluding steroid dienone is 1. The molecule has 2 nitrogen and oxygen atoms in total. The fourth-order valence-corrected chi connectivity index (χ4v) is 1.82. The van der Waals surface area contributed by atoms with E-state index < -0.39 is 0 Å². The minimum atomic E-state index is 0.0412. The molecule has 0 spiro atoms. The average molecular weight is 237 g/mol. The Hall–Kier alpha value is -1.28. The molecule has 1 aromatic carbocycles. The van der Waals surface area contributed by atoms with E-state index >= 15 is 0 Å². The molecular weight excluding hydrogens is 224 g/mol. The summed E-state index contributed by atoms with van der Waals surface area (Å²) in [5, 5.41) is 0.686. The maximum Gasteiger partial charge on any atom is 0.192 e. The topological polar surface area (TPSA) is 26.3 Å². The van der Waals surface area contributed by atoms with Gasteiger partial charge in [-0.15, -0.1) is 0 Å². The molecule has 0 fully saturated rings. The summed E-state index contributed by atoms with van der Waals surface area (Å²) in [6.45, 7) is 2.60. The third-order valence-electron chi connectivity index (χ3n) is 2.65. The van der Waals surface area contributed by atoms with Crippen molar-refractivity contribution < 1.29 is 9.53 Å². The van der Waals surface area contributed by atoms with Gasteiger partial charge in [0.2, 0.25) is 0 Å². The van der Waals surface area contributed by atoms with Gasteiger partial charge in [0.25, 0.3) is 0 Å². The zero-order valence-corrected chi connectivity index (χ0v) is 9.88. The second kappa shape index (κ2) is 4.71. The molecule has 1 aliphatic rings. The summed E-state index contributed by atoms with van der Waals surface area (Å²) in [5.41, 5.74) is 2.34. The number of benzene rings is 1. The van der Waals surface area contributed by atoms with Gasteiger partial charge in [0.05, 0.1) is 12.9 Å². The first kappa shape index (κ1) is 11.2. The van der Waals surface area contributed by atoms with Gasteiger partial charge >= 0.3 is 0 Å². The van der Waals surface area contributed by atoms with Crippen molar-refractivity contribution >= 4 is 17.4 Å². The molecule has 84 valence electrons. The largest absolute Gasteiger partial charge is 0.501 e. The Kier molecular flexibility index (Phi) is 3.30. The Morgan fingerprint density at radius 3 is 2.88 bits per heavy atom. The van der Waals surface area contributed by atoms with Gasteiger partial charge in [-0.2, -0.15) is 0 Å². The molecule has 0 aromatic heterocycles. The van der Waals surface area contributed by atoms with Crippen LogP contribution in [0.15, 0.2) is 30.0 Å². The van der Waals surface area contributed by atoms with E-state index in [4.69, 9.17) is 16.3 Å². The SMILES string of the molecule is Cc1cc(C(=O)C2=COCCC2)ccc1Cl. The maximum atomic E-state index is 12.1. The first-order valence-corrected chi connectivity index (χ1v) is 5.68. The van der Waals surface area contributed by atoms with Crippen LogP contribution in [0, 0.1) is 6.92 Å². The van der Waals surface area contributed by atoms with E-state index in [0.29, 0.717) is 17.2 Å². The zero-order chi connectivity index (χ0) is 11.5. The first-order chi connectivity index (χ1) is 7.68. The van der Waals surface area contributed by atoms with Crippen LogP contribution in [0.25, 0.3) is 0 Å². The van der Waals surface area contributed by atoms with Crippen molar-refractivity contribution in [3.8, 4) is 0 Å². The Morgan fingerprint density at radius 2 is 2.25 bits per heavy atom. The number of hydrogen-bond acceptors (Lipinski definition) is 2. The number of hydrogen-bond donors (Lipinski definition) is 0. The van der Waals surface area contributed by atoms with Crippen LogP contribution < -0.4 is 0 Å². The molecule has 1 aromatic rings. The molecule has 0 radical (unpaired) electrons. The Morgan fingerprint density at radius 1 is 1.44 bits per heavy atom. The molecule has 0 bridgehead atoms. The molecule has 0 aliphatic carbocycles. The second-order valence-corrected chi connectivity index (χ2v) is 4.32. The van der Waals surface area contributed by atoms with E-state index in [1.54, 1.807) is 18.4 Å². The van der Waals surface area contributed by atoms with Crippen LogP contribution in [0.1, 0.15) is 28.8 Å². The average Bonchev–Trinajstić information content (AvgIpc) is 2.33.